The van der Waals surface area contributed by atoms with Gasteiger partial charge >= 0.3 is 0 Å². The highest BCUT2D eigenvalue weighted by Gasteiger charge is 2.20. The molecule has 1 aromatic heterocycles. The lowest BCUT2D eigenvalue weighted by Crippen LogP contribution is -2.25. The van der Waals surface area contributed by atoms with E-state index in [-0.39, 0.29) is 5.91 Å². The van der Waals surface area contributed by atoms with E-state index in [4.69, 9.17) is 9.15 Å². The van der Waals surface area contributed by atoms with Crippen LogP contribution in [0, 0.1) is 12.8 Å². The monoisotopic (exact) mass is 237 g/mol. The first-order valence-corrected chi connectivity index (χ1v) is 6.17. The van der Waals surface area contributed by atoms with Gasteiger partial charge in [-0.2, -0.15) is 0 Å². The number of rotatable bonds is 7. The van der Waals surface area contributed by atoms with Gasteiger partial charge in [-0.15, -0.1) is 0 Å². The molecule has 1 amide bonds. The molecular formula is C13H19NO3. The van der Waals surface area contributed by atoms with E-state index in [1.54, 1.807) is 6.07 Å². The second kappa shape index (κ2) is 5.87. The maximum Gasteiger partial charge on any atom is 0.287 e. The predicted octanol–water partition coefficient (Wildman–Crippen LogP) is 2.13. The summed E-state index contributed by atoms with van der Waals surface area (Å²) in [5, 5.41) is 2.82. The second-order valence-electron chi connectivity index (χ2n) is 4.56. The first-order chi connectivity index (χ1) is 8.27. The molecule has 94 valence electrons. The summed E-state index contributed by atoms with van der Waals surface area (Å²) in [7, 11) is 0. The summed E-state index contributed by atoms with van der Waals surface area (Å²) >= 11 is 0. The number of ether oxygens (including phenoxy) is 1. The number of hydrogen-bond donors (Lipinski definition) is 1. The van der Waals surface area contributed by atoms with Gasteiger partial charge in [0.15, 0.2) is 5.76 Å². The van der Waals surface area contributed by atoms with Crippen LogP contribution in [0.15, 0.2) is 16.7 Å². The first-order valence-electron chi connectivity index (χ1n) is 6.17. The van der Waals surface area contributed by atoms with E-state index >= 15 is 0 Å². The van der Waals surface area contributed by atoms with Crippen LogP contribution in [0.4, 0.5) is 0 Å². The Hall–Kier alpha value is -1.29. The van der Waals surface area contributed by atoms with Crippen molar-refractivity contribution in [2.75, 3.05) is 19.8 Å². The Morgan fingerprint density at radius 3 is 3.06 bits per heavy atom. The molecular weight excluding hydrogens is 218 g/mol. The van der Waals surface area contributed by atoms with Crippen molar-refractivity contribution in [1.82, 2.24) is 5.32 Å². The second-order valence-corrected chi connectivity index (χ2v) is 4.56. The van der Waals surface area contributed by atoms with E-state index in [1.807, 2.05) is 6.92 Å². The first kappa shape index (κ1) is 12.2. The van der Waals surface area contributed by atoms with Gasteiger partial charge in [-0.25, -0.2) is 0 Å². The van der Waals surface area contributed by atoms with Crippen LogP contribution in [0.1, 0.15) is 35.4 Å². The smallest absolute Gasteiger partial charge is 0.287 e. The molecule has 1 heterocycles. The molecule has 1 N–H and O–H groups in total. The summed E-state index contributed by atoms with van der Waals surface area (Å²) in [6, 6.07) is 1.79. The Labute approximate surface area is 101 Å². The van der Waals surface area contributed by atoms with Gasteiger partial charge in [0.1, 0.15) is 0 Å². The Morgan fingerprint density at radius 1 is 1.59 bits per heavy atom. The highest BCUT2D eigenvalue weighted by Crippen LogP contribution is 2.28. The molecule has 1 aliphatic carbocycles. The standard InChI is InChI=1S/C13H19NO3/c1-10-5-8-17-12(10)13(15)14-6-2-7-16-9-11-3-4-11/h5,8,11H,2-4,6-7,9H2,1H3,(H,14,15). The van der Waals surface area contributed by atoms with Crippen LogP contribution in [0.5, 0.6) is 0 Å². The van der Waals surface area contributed by atoms with Gasteiger partial charge in [-0.1, -0.05) is 0 Å². The highest BCUT2D eigenvalue weighted by atomic mass is 16.5. The quantitative estimate of drug-likeness (QED) is 0.739. The molecule has 1 aromatic rings. The Kier molecular flexibility index (Phi) is 4.20. The number of hydrogen-bond acceptors (Lipinski definition) is 3. The molecule has 0 spiro atoms. The summed E-state index contributed by atoms with van der Waals surface area (Å²) < 4.78 is 10.6. The molecule has 0 unspecified atom stereocenters. The van der Waals surface area contributed by atoms with E-state index < -0.39 is 0 Å². The average Bonchev–Trinajstić information content (AvgIpc) is 3.04. The fourth-order valence-electron chi connectivity index (χ4n) is 1.60. The van der Waals surface area contributed by atoms with E-state index in [1.165, 1.54) is 19.1 Å². The summed E-state index contributed by atoms with van der Waals surface area (Å²) in [5.74, 6) is 1.06. The lowest BCUT2D eigenvalue weighted by atomic mass is 10.2. The van der Waals surface area contributed by atoms with Gasteiger partial charge in [-0.05, 0) is 38.2 Å². The zero-order valence-corrected chi connectivity index (χ0v) is 10.2. The molecule has 1 aliphatic rings. The van der Waals surface area contributed by atoms with Crippen molar-refractivity contribution >= 4 is 5.91 Å². The van der Waals surface area contributed by atoms with Crippen LogP contribution < -0.4 is 5.32 Å². The third-order valence-corrected chi connectivity index (χ3v) is 2.87. The summed E-state index contributed by atoms with van der Waals surface area (Å²) in [6.45, 7) is 4.08. The zero-order valence-electron chi connectivity index (χ0n) is 10.2. The largest absolute Gasteiger partial charge is 0.459 e. The summed E-state index contributed by atoms with van der Waals surface area (Å²) in [4.78, 5) is 11.6. The summed E-state index contributed by atoms with van der Waals surface area (Å²) in [5.41, 5.74) is 0.868. The van der Waals surface area contributed by atoms with Gasteiger partial charge in [0.2, 0.25) is 0 Å². The minimum atomic E-state index is -0.144. The fraction of sp³-hybridized carbons (Fsp3) is 0.615. The van der Waals surface area contributed by atoms with Crippen molar-refractivity contribution in [2.24, 2.45) is 5.92 Å². The fourth-order valence-corrected chi connectivity index (χ4v) is 1.60. The number of nitrogens with one attached hydrogen (secondary N) is 1. The third kappa shape index (κ3) is 3.89. The van der Waals surface area contributed by atoms with Crippen molar-refractivity contribution in [1.29, 1.82) is 0 Å². The topological polar surface area (TPSA) is 51.5 Å². The zero-order chi connectivity index (χ0) is 12.1. The van der Waals surface area contributed by atoms with Gasteiger partial charge in [0.25, 0.3) is 5.91 Å². The molecule has 4 heteroatoms. The van der Waals surface area contributed by atoms with Crippen LogP contribution in [0.3, 0.4) is 0 Å². The van der Waals surface area contributed by atoms with Crippen molar-refractivity contribution in [3.63, 3.8) is 0 Å². The molecule has 4 nitrogen and oxygen atoms in total. The maximum absolute atomic E-state index is 11.6. The molecule has 0 bridgehead atoms. The number of furan rings is 1. The van der Waals surface area contributed by atoms with E-state index in [0.717, 1.165) is 24.5 Å². The van der Waals surface area contributed by atoms with Crippen molar-refractivity contribution in [3.8, 4) is 0 Å². The molecule has 1 fully saturated rings. The van der Waals surface area contributed by atoms with Crippen molar-refractivity contribution < 1.29 is 13.9 Å². The molecule has 2 rings (SSSR count). The Balaban J connectivity index is 1.55. The van der Waals surface area contributed by atoms with Crippen LogP contribution >= 0.6 is 0 Å². The SMILES string of the molecule is Cc1ccoc1C(=O)NCCCOCC1CC1. The normalized spacial score (nSPS) is 14.9. The third-order valence-electron chi connectivity index (χ3n) is 2.87. The number of carbonyl (C=O) groups excluding carboxylic acids is 1. The van der Waals surface area contributed by atoms with Crippen LogP contribution in [-0.2, 0) is 4.74 Å². The highest BCUT2D eigenvalue weighted by molar-refractivity contribution is 5.92. The molecule has 0 radical (unpaired) electrons. The number of amides is 1. The Bertz CT molecular complexity index is 368. The van der Waals surface area contributed by atoms with Gasteiger partial charge in [0.05, 0.1) is 6.26 Å². The van der Waals surface area contributed by atoms with E-state index in [2.05, 4.69) is 5.32 Å². The van der Waals surface area contributed by atoms with Gasteiger partial charge < -0.3 is 14.5 Å². The molecule has 0 saturated heterocycles. The summed E-state index contributed by atoms with van der Waals surface area (Å²) in [6.07, 6.45) is 5.00. The minimum Gasteiger partial charge on any atom is -0.459 e. The minimum absolute atomic E-state index is 0.144. The Morgan fingerprint density at radius 2 is 2.41 bits per heavy atom. The van der Waals surface area contributed by atoms with E-state index in [0.29, 0.717) is 18.9 Å². The van der Waals surface area contributed by atoms with Crippen LogP contribution in [0.2, 0.25) is 0 Å². The van der Waals surface area contributed by atoms with Crippen molar-refractivity contribution in [2.45, 2.75) is 26.2 Å². The maximum atomic E-state index is 11.6. The number of carbonyl (C=O) groups is 1. The molecule has 17 heavy (non-hydrogen) atoms. The molecule has 0 aliphatic heterocycles. The lowest BCUT2D eigenvalue weighted by molar-refractivity contribution is 0.0910. The predicted molar refractivity (Wildman–Crippen MR) is 63.9 cm³/mol. The van der Waals surface area contributed by atoms with Crippen LogP contribution in [-0.4, -0.2) is 25.7 Å². The van der Waals surface area contributed by atoms with Crippen LogP contribution in [0.25, 0.3) is 0 Å². The lowest BCUT2D eigenvalue weighted by Gasteiger charge is -2.05. The van der Waals surface area contributed by atoms with Crippen molar-refractivity contribution in [3.05, 3.63) is 23.7 Å². The average molecular weight is 237 g/mol. The molecule has 1 saturated carbocycles. The van der Waals surface area contributed by atoms with Gasteiger partial charge in [-0.3, -0.25) is 4.79 Å². The molecule has 0 atom stereocenters. The van der Waals surface area contributed by atoms with Gasteiger partial charge in [0, 0.05) is 25.3 Å². The number of aryl methyl sites for hydroxylation is 1. The van der Waals surface area contributed by atoms with E-state index in [9.17, 15) is 4.79 Å². The molecule has 0 aromatic carbocycles.